The van der Waals surface area contributed by atoms with E-state index in [1.54, 1.807) is 36.4 Å². The summed E-state index contributed by atoms with van der Waals surface area (Å²) in [7, 11) is 0. The molecule has 150 valence electrons. The van der Waals surface area contributed by atoms with Gasteiger partial charge in [-0.1, -0.05) is 11.3 Å². The molecule has 9 heteroatoms. The topological polar surface area (TPSA) is 104 Å². The molecule has 0 aliphatic carbocycles. The molecule has 0 saturated heterocycles. The maximum Gasteiger partial charge on any atom is 0.302 e. The smallest absolute Gasteiger partial charge is 0.302 e. The summed E-state index contributed by atoms with van der Waals surface area (Å²) in [6.45, 7) is 1.69. The standard InChI is InChI=1S/C20H18FN3O4S/c1-12(25)27-10-11-28-16-8-2-13(3-9-16)17(26)18-19(22)24-20(29-18)23-15-6-4-14(21)5-7-15/h2-9H,10-11,22H2,1H3,(H,23,24). The van der Waals surface area contributed by atoms with Gasteiger partial charge in [-0.15, -0.1) is 0 Å². The average molecular weight is 415 g/mol. The number of nitrogen functional groups attached to an aromatic ring is 1. The van der Waals surface area contributed by atoms with Crippen LogP contribution in [0.25, 0.3) is 0 Å². The molecule has 0 radical (unpaired) electrons. The van der Waals surface area contributed by atoms with E-state index >= 15 is 0 Å². The number of ketones is 1. The van der Waals surface area contributed by atoms with Gasteiger partial charge in [-0.25, -0.2) is 9.37 Å². The lowest BCUT2D eigenvalue weighted by Crippen LogP contribution is -2.09. The van der Waals surface area contributed by atoms with Gasteiger partial charge in [-0.2, -0.15) is 0 Å². The maximum atomic E-state index is 13.0. The van der Waals surface area contributed by atoms with Crippen molar-refractivity contribution < 1.29 is 23.5 Å². The van der Waals surface area contributed by atoms with Crippen molar-refractivity contribution >= 4 is 39.7 Å². The summed E-state index contributed by atoms with van der Waals surface area (Å²) >= 11 is 1.11. The Labute approximate surface area is 170 Å². The van der Waals surface area contributed by atoms with E-state index in [0.717, 1.165) is 11.3 Å². The van der Waals surface area contributed by atoms with E-state index in [1.807, 2.05) is 0 Å². The molecule has 0 fully saturated rings. The van der Waals surface area contributed by atoms with Gasteiger partial charge >= 0.3 is 5.97 Å². The molecule has 0 unspecified atom stereocenters. The predicted octanol–water partition coefficient (Wildman–Crippen LogP) is 3.78. The molecule has 0 bridgehead atoms. The number of carbonyl (C=O) groups excluding carboxylic acids is 2. The zero-order chi connectivity index (χ0) is 20.8. The highest BCUT2D eigenvalue weighted by molar-refractivity contribution is 7.18. The lowest BCUT2D eigenvalue weighted by molar-refractivity contribution is -0.141. The minimum atomic E-state index is -0.370. The number of thiazole rings is 1. The number of ether oxygens (including phenoxy) is 2. The van der Waals surface area contributed by atoms with Crippen LogP contribution in [0.1, 0.15) is 22.2 Å². The van der Waals surface area contributed by atoms with Crippen molar-refractivity contribution in [1.82, 2.24) is 4.98 Å². The summed E-state index contributed by atoms with van der Waals surface area (Å²) in [4.78, 5) is 27.9. The minimum Gasteiger partial charge on any atom is -0.490 e. The van der Waals surface area contributed by atoms with Crippen molar-refractivity contribution in [3.8, 4) is 5.75 Å². The Kier molecular flexibility index (Phi) is 6.40. The van der Waals surface area contributed by atoms with Gasteiger partial charge in [0.1, 0.15) is 35.5 Å². The zero-order valence-electron chi connectivity index (χ0n) is 15.5. The van der Waals surface area contributed by atoms with E-state index in [-0.39, 0.29) is 36.6 Å². The van der Waals surface area contributed by atoms with Crippen molar-refractivity contribution in [2.45, 2.75) is 6.92 Å². The van der Waals surface area contributed by atoms with E-state index in [1.165, 1.54) is 19.1 Å². The molecule has 0 aliphatic heterocycles. The Balaban J connectivity index is 1.64. The predicted molar refractivity (Wildman–Crippen MR) is 108 cm³/mol. The fourth-order valence-electron chi connectivity index (χ4n) is 2.38. The third-order valence-corrected chi connectivity index (χ3v) is 4.71. The summed E-state index contributed by atoms with van der Waals surface area (Å²) in [5.74, 6) is -0.316. The van der Waals surface area contributed by atoms with Gasteiger partial charge < -0.3 is 20.5 Å². The van der Waals surface area contributed by atoms with Crippen molar-refractivity contribution in [2.24, 2.45) is 0 Å². The van der Waals surface area contributed by atoms with Crippen molar-refractivity contribution in [3.63, 3.8) is 0 Å². The second-order valence-electron chi connectivity index (χ2n) is 5.91. The Morgan fingerprint density at radius 2 is 1.79 bits per heavy atom. The van der Waals surface area contributed by atoms with Crippen LogP contribution in [0.5, 0.6) is 5.75 Å². The molecule has 0 saturated carbocycles. The molecule has 29 heavy (non-hydrogen) atoms. The van der Waals surface area contributed by atoms with Gasteiger partial charge in [0.05, 0.1) is 0 Å². The van der Waals surface area contributed by atoms with Crippen LogP contribution in [0.2, 0.25) is 0 Å². The molecule has 1 heterocycles. The number of anilines is 3. The van der Waals surface area contributed by atoms with Gasteiger partial charge in [0.15, 0.2) is 5.13 Å². The lowest BCUT2D eigenvalue weighted by atomic mass is 10.1. The molecule has 3 aromatic rings. The fraction of sp³-hybridized carbons (Fsp3) is 0.150. The number of nitrogens with two attached hydrogens (primary N) is 1. The first-order valence-corrected chi connectivity index (χ1v) is 9.44. The molecule has 3 rings (SSSR count). The van der Waals surface area contributed by atoms with E-state index < -0.39 is 0 Å². The number of benzene rings is 2. The number of carbonyl (C=O) groups is 2. The third-order valence-electron chi connectivity index (χ3n) is 3.73. The molecule has 7 nitrogen and oxygen atoms in total. The lowest BCUT2D eigenvalue weighted by Gasteiger charge is -2.07. The molecule has 3 N–H and O–H groups in total. The number of hydrogen-bond donors (Lipinski definition) is 2. The summed E-state index contributed by atoms with van der Waals surface area (Å²) < 4.78 is 23.2. The SMILES string of the molecule is CC(=O)OCCOc1ccc(C(=O)c2sc(Nc3ccc(F)cc3)nc2N)cc1. The molecular weight excluding hydrogens is 397 g/mol. The molecule has 0 aliphatic rings. The Hall–Kier alpha value is -3.46. The van der Waals surface area contributed by atoms with Crippen LogP contribution in [-0.4, -0.2) is 30.0 Å². The number of halogens is 1. The highest BCUT2D eigenvalue weighted by atomic mass is 32.1. The van der Waals surface area contributed by atoms with Crippen LogP contribution in [0.3, 0.4) is 0 Å². The summed E-state index contributed by atoms with van der Waals surface area (Å²) in [6, 6.07) is 12.3. The van der Waals surface area contributed by atoms with Gasteiger partial charge in [0, 0.05) is 18.2 Å². The van der Waals surface area contributed by atoms with Crippen LogP contribution in [-0.2, 0) is 9.53 Å². The number of rotatable bonds is 8. The molecule has 2 aromatic carbocycles. The van der Waals surface area contributed by atoms with E-state index in [2.05, 4.69) is 10.3 Å². The summed E-state index contributed by atoms with van der Waals surface area (Å²) in [5.41, 5.74) is 6.97. The van der Waals surface area contributed by atoms with Gasteiger partial charge in [0.2, 0.25) is 5.78 Å². The maximum absolute atomic E-state index is 13.0. The quantitative estimate of drug-likeness (QED) is 0.328. The van der Waals surface area contributed by atoms with Crippen LogP contribution < -0.4 is 15.8 Å². The monoisotopic (exact) mass is 415 g/mol. The highest BCUT2D eigenvalue weighted by Gasteiger charge is 2.18. The normalized spacial score (nSPS) is 10.4. The average Bonchev–Trinajstić information content (AvgIpc) is 3.07. The van der Waals surface area contributed by atoms with Gasteiger partial charge in [-0.05, 0) is 48.5 Å². The first-order valence-electron chi connectivity index (χ1n) is 8.62. The minimum absolute atomic E-state index is 0.117. The number of nitrogens with one attached hydrogen (secondary N) is 1. The molecule has 1 aromatic heterocycles. The van der Waals surface area contributed by atoms with Crippen LogP contribution >= 0.6 is 11.3 Å². The van der Waals surface area contributed by atoms with Gasteiger partial charge in [0.25, 0.3) is 0 Å². The largest absolute Gasteiger partial charge is 0.490 e. The number of aromatic nitrogens is 1. The van der Waals surface area contributed by atoms with Crippen LogP contribution in [0.4, 0.5) is 21.0 Å². The van der Waals surface area contributed by atoms with Gasteiger partial charge in [-0.3, -0.25) is 9.59 Å². The fourth-order valence-corrected chi connectivity index (χ4v) is 3.25. The Bertz CT molecular complexity index is 1000. The number of esters is 1. The number of nitrogens with zero attached hydrogens (tertiary/aromatic N) is 1. The Morgan fingerprint density at radius 3 is 2.45 bits per heavy atom. The second kappa shape index (κ2) is 9.16. The summed E-state index contributed by atoms with van der Waals surface area (Å²) in [6.07, 6.45) is 0. The highest BCUT2D eigenvalue weighted by Crippen LogP contribution is 2.30. The van der Waals surface area contributed by atoms with Crippen molar-refractivity contribution in [1.29, 1.82) is 0 Å². The zero-order valence-corrected chi connectivity index (χ0v) is 16.3. The van der Waals surface area contributed by atoms with Crippen molar-refractivity contribution in [2.75, 3.05) is 24.3 Å². The van der Waals surface area contributed by atoms with E-state index in [4.69, 9.17) is 15.2 Å². The molecule has 0 amide bonds. The molecule has 0 spiro atoms. The van der Waals surface area contributed by atoms with E-state index in [0.29, 0.717) is 27.0 Å². The summed E-state index contributed by atoms with van der Waals surface area (Å²) in [5, 5.41) is 3.43. The number of hydrogen-bond acceptors (Lipinski definition) is 8. The van der Waals surface area contributed by atoms with Crippen LogP contribution in [0.15, 0.2) is 48.5 Å². The third kappa shape index (κ3) is 5.52. The molecular formula is C20H18FN3O4S. The first-order chi connectivity index (χ1) is 13.9. The van der Waals surface area contributed by atoms with Crippen molar-refractivity contribution in [3.05, 3.63) is 64.8 Å². The Morgan fingerprint density at radius 1 is 1.10 bits per heavy atom. The first kappa shape index (κ1) is 20.3. The van der Waals surface area contributed by atoms with E-state index in [9.17, 15) is 14.0 Å². The second-order valence-corrected chi connectivity index (χ2v) is 6.91. The molecule has 0 atom stereocenters. The van der Waals surface area contributed by atoms with Crippen LogP contribution in [0, 0.1) is 5.82 Å².